The van der Waals surface area contributed by atoms with Gasteiger partial charge in [0.1, 0.15) is 5.75 Å². The van der Waals surface area contributed by atoms with E-state index >= 15 is 0 Å². The van der Waals surface area contributed by atoms with Crippen LogP contribution in [0.5, 0.6) is 5.75 Å². The minimum absolute atomic E-state index is 0.188. The Bertz CT molecular complexity index is 395. The van der Waals surface area contributed by atoms with Gasteiger partial charge in [0.15, 0.2) is 0 Å². The molecule has 0 heterocycles. The second-order valence-corrected chi connectivity index (χ2v) is 6.27. The van der Waals surface area contributed by atoms with Crippen LogP contribution in [0.3, 0.4) is 0 Å². The molecule has 0 saturated heterocycles. The summed E-state index contributed by atoms with van der Waals surface area (Å²) in [6.07, 6.45) is 11.2. The zero-order valence-corrected chi connectivity index (χ0v) is 14.3. The first-order valence-electron chi connectivity index (χ1n) is 8.25. The van der Waals surface area contributed by atoms with E-state index in [9.17, 15) is 0 Å². The van der Waals surface area contributed by atoms with Gasteiger partial charge in [-0.05, 0) is 36.6 Å². The minimum atomic E-state index is 0.188. The van der Waals surface area contributed by atoms with Gasteiger partial charge in [0.05, 0.1) is 7.11 Å². The van der Waals surface area contributed by atoms with Crippen molar-refractivity contribution in [3.8, 4) is 5.75 Å². The molecule has 0 aliphatic heterocycles. The largest absolute Gasteiger partial charge is 0.496 e. The third kappa shape index (κ3) is 7.73. The molecule has 21 heavy (non-hydrogen) atoms. The second kappa shape index (κ2) is 10.9. The Balaban J connectivity index is 2.24. The molecule has 120 valence electrons. The van der Waals surface area contributed by atoms with Crippen molar-refractivity contribution in [2.75, 3.05) is 7.11 Å². The molecule has 0 amide bonds. The Morgan fingerprint density at radius 1 is 1.10 bits per heavy atom. The Labute approximate surface area is 135 Å². The van der Waals surface area contributed by atoms with Gasteiger partial charge < -0.3 is 10.5 Å². The maximum atomic E-state index is 6.24. The van der Waals surface area contributed by atoms with E-state index in [1.165, 1.54) is 44.9 Å². The van der Waals surface area contributed by atoms with Gasteiger partial charge in [0.2, 0.25) is 0 Å². The summed E-state index contributed by atoms with van der Waals surface area (Å²) in [7, 11) is 1.69. The van der Waals surface area contributed by atoms with Crippen molar-refractivity contribution >= 4 is 11.6 Å². The maximum absolute atomic E-state index is 6.24. The van der Waals surface area contributed by atoms with Crippen molar-refractivity contribution in [2.24, 2.45) is 5.73 Å². The number of benzene rings is 1. The number of halogens is 1. The van der Waals surface area contributed by atoms with E-state index in [2.05, 4.69) is 6.92 Å². The average Bonchev–Trinajstić information content (AvgIpc) is 2.46. The fourth-order valence-electron chi connectivity index (χ4n) is 2.65. The number of nitrogens with two attached hydrogens (primary N) is 1. The molecule has 1 aromatic carbocycles. The third-order valence-electron chi connectivity index (χ3n) is 3.90. The van der Waals surface area contributed by atoms with Crippen LogP contribution >= 0.6 is 11.6 Å². The highest BCUT2D eigenvalue weighted by Gasteiger charge is 2.09. The van der Waals surface area contributed by atoms with Crippen LogP contribution in [0.25, 0.3) is 0 Å². The summed E-state index contributed by atoms with van der Waals surface area (Å²) in [4.78, 5) is 0. The van der Waals surface area contributed by atoms with E-state index < -0.39 is 0 Å². The van der Waals surface area contributed by atoms with E-state index in [1.54, 1.807) is 7.11 Å². The second-order valence-electron chi connectivity index (χ2n) is 5.83. The van der Waals surface area contributed by atoms with Crippen LogP contribution in [0.4, 0.5) is 0 Å². The third-order valence-corrected chi connectivity index (χ3v) is 4.14. The molecular formula is C18H30ClNO. The molecule has 0 aliphatic carbocycles. The van der Waals surface area contributed by atoms with E-state index in [0.717, 1.165) is 29.2 Å². The van der Waals surface area contributed by atoms with Crippen molar-refractivity contribution in [1.29, 1.82) is 0 Å². The average molecular weight is 312 g/mol. The first kappa shape index (κ1) is 18.3. The van der Waals surface area contributed by atoms with Gasteiger partial charge in [-0.15, -0.1) is 0 Å². The molecule has 0 saturated carbocycles. The van der Waals surface area contributed by atoms with Gasteiger partial charge in [-0.1, -0.05) is 63.5 Å². The summed E-state index contributed by atoms with van der Waals surface area (Å²) in [5.41, 5.74) is 7.35. The lowest BCUT2D eigenvalue weighted by molar-refractivity contribution is 0.406. The monoisotopic (exact) mass is 311 g/mol. The predicted octanol–water partition coefficient (Wildman–Crippen LogP) is 5.36. The van der Waals surface area contributed by atoms with Crippen LogP contribution in [0.15, 0.2) is 18.2 Å². The summed E-state index contributed by atoms with van der Waals surface area (Å²) < 4.78 is 5.37. The highest BCUT2D eigenvalue weighted by atomic mass is 35.5. The molecule has 0 bridgehead atoms. The molecule has 1 aromatic rings. The Morgan fingerprint density at radius 3 is 2.43 bits per heavy atom. The van der Waals surface area contributed by atoms with E-state index in [-0.39, 0.29) is 6.04 Å². The molecule has 0 fully saturated rings. The molecule has 1 unspecified atom stereocenters. The summed E-state index contributed by atoms with van der Waals surface area (Å²) in [5, 5.41) is 0.744. The van der Waals surface area contributed by atoms with Crippen molar-refractivity contribution < 1.29 is 4.74 Å². The molecule has 3 heteroatoms. The SMILES string of the molecule is CCCCCCCCCC(N)Cc1cc(Cl)ccc1OC. The number of rotatable bonds is 11. The number of ether oxygens (including phenoxy) is 1. The van der Waals surface area contributed by atoms with E-state index in [0.29, 0.717) is 0 Å². The van der Waals surface area contributed by atoms with Gasteiger partial charge in [-0.2, -0.15) is 0 Å². The lowest BCUT2D eigenvalue weighted by atomic mass is 9.99. The standard InChI is InChI=1S/C18H30ClNO/c1-3-4-5-6-7-8-9-10-17(20)14-15-13-16(19)11-12-18(15)21-2/h11-13,17H,3-10,14,20H2,1-2H3. The topological polar surface area (TPSA) is 35.2 Å². The Kier molecular flexibility index (Phi) is 9.53. The number of hydrogen-bond acceptors (Lipinski definition) is 2. The van der Waals surface area contributed by atoms with Crippen molar-refractivity contribution in [3.05, 3.63) is 28.8 Å². The highest BCUT2D eigenvalue weighted by molar-refractivity contribution is 6.30. The summed E-state index contributed by atoms with van der Waals surface area (Å²) in [5.74, 6) is 0.884. The Morgan fingerprint density at radius 2 is 1.76 bits per heavy atom. The summed E-state index contributed by atoms with van der Waals surface area (Å²) in [6, 6.07) is 5.92. The fourth-order valence-corrected chi connectivity index (χ4v) is 2.85. The first-order valence-corrected chi connectivity index (χ1v) is 8.63. The number of methoxy groups -OCH3 is 1. The molecular weight excluding hydrogens is 282 g/mol. The van der Waals surface area contributed by atoms with Gasteiger partial charge in [-0.3, -0.25) is 0 Å². The van der Waals surface area contributed by atoms with Gasteiger partial charge >= 0.3 is 0 Å². The highest BCUT2D eigenvalue weighted by Crippen LogP contribution is 2.24. The molecule has 0 aromatic heterocycles. The lowest BCUT2D eigenvalue weighted by Crippen LogP contribution is -2.22. The van der Waals surface area contributed by atoms with Gasteiger partial charge in [0, 0.05) is 11.1 Å². The van der Waals surface area contributed by atoms with Crippen molar-refractivity contribution in [2.45, 2.75) is 70.8 Å². The van der Waals surface area contributed by atoms with Gasteiger partial charge in [0.25, 0.3) is 0 Å². The number of unbranched alkanes of at least 4 members (excludes halogenated alkanes) is 6. The quantitative estimate of drug-likeness (QED) is 0.558. The van der Waals surface area contributed by atoms with Crippen LogP contribution < -0.4 is 10.5 Å². The minimum Gasteiger partial charge on any atom is -0.496 e. The van der Waals surface area contributed by atoms with Gasteiger partial charge in [-0.25, -0.2) is 0 Å². The van der Waals surface area contributed by atoms with Crippen molar-refractivity contribution in [1.82, 2.24) is 0 Å². The smallest absolute Gasteiger partial charge is 0.122 e. The first-order chi connectivity index (χ1) is 10.2. The molecule has 2 N–H and O–H groups in total. The van der Waals surface area contributed by atoms with Crippen LogP contribution in [-0.4, -0.2) is 13.2 Å². The molecule has 1 atom stereocenters. The number of hydrogen-bond donors (Lipinski definition) is 1. The van der Waals surface area contributed by atoms with Crippen molar-refractivity contribution in [3.63, 3.8) is 0 Å². The van der Waals surface area contributed by atoms with Crippen LogP contribution in [-0.2, 0) is 6.42 Å². The zero-order valence-electron chi connectivity index (χ0n) is 13.5. The fraction of sp³-hybridized carbons (Fsp3) is 0.667. The molecule has 0 aliphatic rings. The van der Waals surface area contributed by atoms with Crippen LogP contribution in [0.2, 0.25) is 5.02 Å². The van der Waals surface area contributed by atoms with Crippen LogP contribution in [0, 0.1) is 0 Å². The van der Waals surface area contributed by atoms with E-state index in [4.69, 9.17) is 22.1 Å². The molecule has 1 rings (SSSR count). The zero-order chi connectivity index (χ0) is 15.5. The maximum Gasteiger partial charge on any atom is 0.122 e. The summed E-state index contributed by atoms with van der Waals surface area (Å²) >= 11 is 6.05. The van der Waals surface area contributed by atoms with E-state index in [1.807, 2.05) is 18.2 Å². The predicted molar refractivity (Wildman–Crippen MR) is 92.3 cm³/mol. The normalized spacial score (nSPS) is 12.4. The van der Waals surface area contributed by atoms with Crippen LogP contribution in [0.1, 0.15) is 63.9 Å². The lowest BCUT2D eigenvalue weighted by Gasteiger charge is -2.14. The summed E-state index contributed by atoms with van der Waals surface area (Å²) in [6.45, 7) is 2.25. The Hall–Kier alpha value is -0.730. The molecule has 0 spiro atoms. The molecule has 2 nitrogen and oxygen atoms in total. The molecule has 0 radical (unpaired) electrons.